The zero-order valence-corrected chi connectivity index (χ0v) is 20.1. The van der Waals surface area contributed by atoms with Gasteiger partial charge in [-0.2, -0.15) is 0 Å². The Morgan fingerprint density at radius 1 is 0.630 bits per heavy atom. The van der Waals surface area contributed by atoms with Crippen molar-refractivity contribution in [2.24, 2.45) is 0 Å². The van der Waals surface area contributed by atoms with Crippen LogP contribution in [0.3, 0.4) is 0 Å². The fourth-order valence-electron chi connectivity index (χ4n) is 3.55. The van der Waals surface area contributed by atoms with E-state index in [9.17, 15) is 0 Å². The molecular formula is C23H30Br2NP. The smallest absolute Gasteiger partial charge is 0.112 e. The van der Waals surface area contributed by atoms with Crippen LogP contribution in [-0.2, 0) is 0 Å². The van der Waals surface area contributed by atoms with E-state index in [2.05, 4.69) is 105 Å². The second-order valence-corrected chi connectivity index (χ2v) is 10.5. The lowest BCUT2D eigenvalue weighted by molar-refractivity contribution is -0.858. The lowest BCUT2D eigenvalue weighted by atomic mass is 10.3. The van der Waals surface area contributed by atoms with Crippen molar-refractivity contribution in [3.63, 3.8) is 0 Å². The molecule has 3 aromatic rings. The number of rotatable bonds is 7. The molecular weight excluding hydrogens is 481 g/mol. The van der Waals surface area contributed by atoms with Gasteiger partial charge < -0.3 is 38.9 Å². The lowest BCUT2D eigenvalue weighted by Crippen LogP contribution is -3.05. The zero-order chi connectivity index (χ0) is 17.5. The van der Waals surface area contributed by atoms with Gasteiger partial charge in [-0.25, -0.2) is 0 Å². The molecule has 0 bridgehead atoms. The van der Waals surface area contributed by atoms with Crippen LogP contribution < -0.4 is 54.8 Å². The SMILES string of the molecule is C[NH+](C)CCC[P+](c1ccccc1)(c1ccccc1)c1ccccc1.[Br-].[Br-].[HH]. The van der Waals surface area contributed by atoms with Crippen molar-refractivity contribution in [3.8, 4) is 0 Å². The highest BCUT2D eigenvalue weighted by Gasteiger charge is 2.44. The van der Waals surface area contributed by atoms with Crippen LogP contribution in [0.1, 0.15) is 7.85 Å². The van der Waals surface area contributed by atoms with Gasteiger partial charge in [0.15, 0.2) is 0 Å². The average Bonchev–Trinajstić information content (AvgIpc) is 2.67. The van der Waals surface area contributed by atoms with E-state index in [4.69, 9.17) is 0 Å². The molecule has 0 unspecified atom stereocenters. The van der Waals surface area contributed by atoms with E-state index >= 15 is 0 Å². The Hall–Kier alpha value is -0.990. The molecule has 4 heteroatoms. The number of benzene rings is 3. The first kappa shape index (κ1) is 24.0. The summed E-state index contributed by atoms with van der Waals surface area (Å²) in [5.41, 5.74) is 0. The van der Waals surface area contributed by atoms with Crippen molar-refractivity contribution in [3.05, 3.63) is 91.0 Å². The van der Waals surface area contributed by atoms with Gasteiger partial charge in [0, 0.05) is 7.85 Å². The van der Waals surface area contributed by atoms with Crippen LogP contribution in [0.5, 0.6) is 0 Å². The van der Waals surface area contributed by atoms with Crippen molar-refractivity contribution >= 4 is 23.2 Å². The molecule has 146 valence electrons. The molecule has 0 saturated carbocycles. The Morgan fingerprint density at radius 2 is 0.963 bits per heavy atom. The molecule has 0 saturated heterocycles. The van der Waals surface area contributed by atoms with E-state index < -0.39 is 7.26 Å². The van der Waals surface area contributed by atoms with E-state index in [0.717, 1.165) is 0 Å². The van der Waals surface area contributed by atoms with Gasteiger partial charge in [-0.3, -0.25) is 0 Å². The van der Waals surface area contributed by atoms with Gasteiger partial charge in [-0.05, 0) is 36.4 Å². The van der Waals surface area contributed by atoms with Gasteiger partial charge in [0.1, 0.15) is 23.2 Å². The maximum atomic E-state index is 2.33. The Bertz CT molecular complexity index is 674. The van der Waals surface area contributed by atoms with Crippen molar-refractivity contribution in [1.29, 1.82) is 0 Å². The molecule has 1 nitrogen and oxygen atoms in total. The summed E-state index contributed by atoms with van der Waals surface area (Å²) in [7, 11) is 2.86. The third-order valence-electron chi connectivity index (χ3n) is 4.76. The first-order chi connectivity index (χ1) is 12.2. The largest absolute Gasteiger partial charge is 1.00 e. The minimum atomic E-state index is -1.62. The van der Waals surface area contributed by atoms with Crippen molar-refractivity contribution in [2.75, 3.05) is 26.8 Å². The van der Waals surface area contributed by atoms with Crippen molar-refractivity contribution in [1.82, 2.24) is 0 Å². The molecule has 3 aromatic carbocycles. The standard InChI is InChI=1S/C23H27NP.2BrH.H2/c1-24(2)19-12-20-25(21-13-6-3-7-14-21,22-15-8-4-9-16-22)23-17-10-5-11-18-23;;;/h3-11,13-18H,12,19-20H2,1-2H3;3*1H/q+1;;;/p-1. The second kappa shape index (κ2) is 11.8. The molecule has 3 rings (SSSR count). The first-order valence-electron chi connectivity index (χ1n) is 9.07. The van der Waals surface area contributed by atoms with E-state index in [1.807, 2.05) is 0 Å². The van der Waals surface area contributed by atoms with Crippen LogP contribution >= 0.6 is 7.26 Å². The summed E-state index contributed by atoms with van der Waals surface area (Å²) in [6, 6.07) is 33.5. The van der Waals surface area contributed by atoms with Gasteiger partial charge in [-0.1, -0.05) is 54.6 Å². The van der Waals surface area contributed by atoms with Crippen molar-refractivity contribution in [2.45, 2.75) is 6.42 Å². The summed E-state index contributed by atoms with van der Waals surface area (Å²) in [5.74, 6) is 0. The Kier molecular flexibility index (Phi) is 10.5. The fraction of sp³-hybridized carbons (Fsp3) is 0.217. The van der Waals surface area contributed by atoms with E-state index in [-0.39, 0.29) is 35.4 Å². The van der Waals surface area contributed by atoms with Crippen LogP contribution in [0.2, 0.25) is 0 Å². The summed E-state index contributed by atoms with van der Waals surface area (Å²) in [6.45, 7) is 1.20. The Labute approximate surface area is 187 Å². The molecule has 0 aliphatic carbocycles. The number of hydrogen-bond donors (Lipinski definition) is 1. The van der Waals surface area contributed by atoms with E-state index in [1.165, 1.54) is 39.9 Å². The normalized spacial score (nSPS) is 10.8. The number of nitrogens with one attached hydrogen (secondary N) is 1. The minimum absolute atomic E-state index is 0. The number of halogens is 2. The maximum Gasteiger partial charge on any atom is 0.112 e. The van der Waals surface area contributed by atoms with Gasteiger partial charge in [-0.15, -0.1) is 0 Å². The van der Waals surface area contributed by atoms with Crippen LogP contribution in [0.15, 0.2) is 91.0 Å². The highest BCUT2D eigenvalue weighted by Crippen LogP contribution is 2.55. The number of hydrogen-bond acceptors (Lipinski definition) is 0. The third kappa shape index (κ3) is 5.74. The predicted molar refractivity (Wildman–Crippen MR) is 114 cm³/mol. The molecule has 0 atom stereocenters. The topological polar surface area (TPSA) is 4.44 Å². The predicted octanol–water partition coefficient (Wildman–Crippen LogP) is -3.23. The fourth-order valence-corrected chi connectivity index (χ4v) is 7.90. The van der Waals surface area contributed by atoms with Crippen molar-refractivity contribution < 1.29 is 40.3 Å². The number of quaternary nitrogens is 1. The van der Waals surface area contributed by atoms with Crippen LogP contribution in [0.25, 0.3) is 0 Å². The first-order valence-corrected chi connectivity index (χ1v) is 11.0. The quantitative estimate of drug-likeness (QED) is 0.319. The summed E-state index contributed by atoms with van der Waals surface area (Å²) in [4.78, 5) is 1.52. The molecule has 0 aliphatic heterocycles. The molecule has 27 heavy (non-hydrogen) atoms. The highest BCUT2D eigenvalue weighted by molar-refractivity contribution is 7.95. The Morgan fingerprint density at radius 3 is 1.26 bits per heavy atom. The molecule has 0 aromatic heterocycles. The molecule has 0 heterocycles. The van der Waals surface area contributed by atoms with Gasteiger partial charge in [0.2, 0.25) is 0 Å². The van der Waals surface area contributed by atoms with E-state index in [0.29, 0.717) is 0 Å². The van der Waals surface area contributed by atoms with Gasteiger partial charge in [0.05, 0.1) is 26.8 Å². The molecule has 0 radical (unpaired) electrons. The molecule has 1 N–H and O–H groups in total. The maximum absolute atomic E-state index is 2.33. The van der Waals surface area contributed by atoms with E-state index in [1.54, 1.807) is 0 Å². The summed E-state index contributed by atoms with van der Waals surface area (Å²) >= 11 is 0. The summed E-state index contributed by atoms with van der Waals surface area (Å²) in [5, 5.41) is 4.46. The average molecular weight is 511 g/mol. The molecule has 0 spiro atoms. The minimum Gasteiger partial charge on any atom is -1.00 e. The Balaban J connectivity index is 0.00000243. The molecule has 0 aliphatic rings. The third-order valence-corrected chi connectivity index (χ3v) is 9.29. The molecule has 0 fully saturated rings. The highest BCUT2D eigenvalue weighted by atomic mass is 79.9. The monoisotopic (exact) mass is 509 g/mol. The zero-order valence-electron chi connectivity index (χ0n) is 16.0. The van der Waals surface area contributed by atoms with Gasteiger partial charge >= 0.3 is 0 Å². The van der Waals surface area contributed by atoms with Gasteiger partial charge in [0.25, 0.3) is 0 Å². The van der Waals surface area contributed by atoms with Crippen LogP contribution in [0, 0.1) is 0 Å². The second-order valence-electron chi connectivity index (χ2n) is 6.85. The molecule has 0 amide bonds. The summed E-state index contributed by atoms with van der Waals surface area (Å²) < 4.78 is 0. The lowest BCUT2D eigenvalue weighted by Gasteiger charge is -2.27. The van der Waals surface area contributed by atoms with Crippen LogP contribution in [0.4, 0.5) is 0 Å². The van der Waals surface area contributed by atoms with Crippen LogP contribution in [-0.4, -0.2) is 26.8 Å². The summed E-state index contributed by atoms with van der Waals surface area (Å²) in [6.07, 6.45) is 2.45.